The van der Waals surface area contributed by atoms with Crippen molar-refractivity contribution >= 4 is 5.97 Å². The number of allylic oxidation sites excluding steroid dienone is 2. The molecule has 0 heterocycles. The van der Waals surface area contributed by atoms with Crippen LogP contribution in [0.15, 0.2) is 54.6 Å². The highest BCUT2D eigenvalue weighted by Gasteiger charge is 2.47. The maximum absolute atomic E-state index is 12.4. The minimum Gasteiger partial charge on any atom is -0.454 e. The predicted octanol–water partition coefficient (Wildman–Crippen LogP) is 3.61. The van der Waals surface area contributed by atoms with E-state index in [0.717, 1.165) is 5.56 Å². The van der Waals surface area contributed by atoms with Gasteiger partial charge in [-0.2, -0.15) is 0 Å². The van der Waals surface area contributed by atoms with Gasteiger partial charge in [-0.25, -0.2) is 0 Å². The maximum Gasteiger partial charge on any atom is 0.313 e. The zero-order chi connectivity index (χ0) is 16.4. The number of rotatable bonds is 3. The summed E-state index contributed by atoms with van der Waals surface area (Å²) in [7, 11) is 0. The molecule has 0 saturated carbocycles. The lowest BCUT2D eigenvalue weighted by Gasteiger charge is -2.43. The Bertz CT molecular complexity index is 580. The molecule has 118 valence electrons. The topological polar surface area (TPSA) is 46.5 Å². The second-order valence-corrected chi connectivity index (χ2v) is 6.81. The van der Waals surface area contributed by atoms with Crippen LogP contribution in [-0.4, -0.2) is 22.8 Å². The van der Waals surface area contributed by atoms with Crippen LogP contribution in [0.4, 0.5) is 0 Å². The Kier molecular flexibility index (Phi) is 4.57. The molecule has 0 radical (unpaired) electrons. The number of hydrogen-bond acceptors (Lipinski definition) is 3. The van der Waals surface area contributed by atoms with Gasteiger partial charge in [-0.1, -0.05) is 63.3 Å². The van der Waals surface area contributed by atoms with Gasteiger partial charge in [0.15, 0.2) is 6.10 Å². The van der Waals surface area contributed by atoms with Crippen molar-refractivity contribution in [1.82, 2.24) is 0 Å². The van der Waals surface area contributed by atoms with E-state index in [1.165, 1.54) is 0 Å². The highest BCUT2D eigenvalue weighted by molar-refractivity contribution is 5.78. The molecule has 3 atom stereocenters. The number of carbonyl (C=O) groups excluding carboxylic acids is 1. The first kappa shape index (κ1) is 16.5. The Labute approximate surface area is 132 Å². The van der Waals surface area contributed by atoms with Crippen LogP contribution in [0.3, 0.4) is 0 Å². The van der Waals surface area contributed by atoms with Crippen LogP contribution >= 0.6 is 0 Å². The van der Waals surface area contributed by atoms with E-state index in [1.54, 1.807) is 24.3 Å². The molecule has 22 heavy (non-hydrogen) atoms. The normalized spacial score (nSPS) is 25.8. The van der Waals surface area contributed by atoms with E-state index >= 15 is 0 Å². The smallest absolute Gasteiger partial charge is 0.313 e. The quantitative estimate of drug-likeness (QED) is 0.868. The van der Waals surface area contributed by atoms with Crippen molar-refractivity contribution in [3.63, 3.8) is 0 Å². The van der Waals surface area contributed by atoms with Gasteiger partial charge in [-0.05, 0) is 30.1 Å². The fraction of sp³-hybridized carbons (Fsp3) is 0.421. The van der Waals surface area contributed by atoms with Crippen molar-refractivity contribution in [2.45, 2.75) is 45.3 Å². The molecule has 3 nitrogen and oxygen atoms in total. The summed E-state index contributed by atoms with van der Waals surface area (Å²) in [5.74, 6) is -0.705. The van der Waals surface area contributed by atoms with Crippen molar-refractivity contribution in [3.8, 4) is 0 Å². The molecule has 0 aliphatic heterocycles. The van der Waals surface area contributed by atoms with E-state index in [2.05, 4.69) is 0 Å². The van der Waals surface area contributed by atoms with Crippen LogP contribution in [0.2, 0.25) is 0 Å². The van der Waals surface area contributed by atoms with Gasteiger partial charge in [0, 0.05) is 0 Å². The largest absolute Gasteiger partial charge is 0.454 e. The van der Waals surface area contributed by atoms with E-state index in [4.69, 9.17) is 4.74 Å². The molecule has 2 rings (SSSR count). The SMILES string of the molecule is CC(C(=O)OC1C=CC=CC1(O)C(C)(C)C)c1ccccc1. The Morgan fingerprint density at radius 1 is 1.23 bits per heavy atom. The Hall–Kier alpha value is -1.87. The summed E-state index contributed by atoms with van der Waals surface area (Å²) in [6.45, 7) is 7.60. The Morgan fingerprint density at radius 3 is 2.45 bits per heavy atom. The molecule has 1 aliphatic carbocycles. The number of aliphatic hydroxyl groups is 1. The van der Waals surface area contributed by atoms with Crippen molar-refractivity contribution in [1.29, 1.82) is 0 Å². The second-order valence-electron chi connectivity index (χ2n) is 6.81. The fourth-order valence-electron chi connectivity index (χ4n) is 2.52. The molecular weight excluding hydrogens is 276 g/mol. The molecule has 0 amide bonds. The van der Waals surface area contributed by atoms with Gasteiger partial charge >= 0.3 is 5.97 Å². The van der Waals surface area contributed by atoms with Crippen molar-refractivity contribution in [2.24, 2.45) is 5.41 Å². The number of esters is 1. The van der Waals surface area contributed by atoms with Crippen LogP contribution in [0, 0.1) is 5.41 Å². The third-order valence-electron chi connectivity index (χ3n) is 4.28. The Balaban J connectivity index is 2.17. The first-order valence-electron chi connectivity index (χ1n) is 7.59. The average Bonchev–Trinajstić information content (AvgIpc) is 2.48. The van der Waals surface area contributed by atoms with Crippen LogP contribution < -0.4 is 0 Å². The summed E-state index contributed by atoms with van der Waals surface area (Å²) < 4.78 is 5.62. The summed E-state index contributed by atoms with van der Waals surface area (Å²) in [4.78, 5) is 12.4. The van der Waals surface area contributed by atoms with E-state index in [1.807, 2.05) is 58.0 Å². The van der Waals surface area contributed by atoms with Crippen LogP contribution in [0.1, 0.15) is 39.2 Å². The Morgan fingerprint density at radius 2 is 1.86 bits per heavy atom. The predicted molar refractivity (Wildman–Crippen MR) is 87.4 cm³/mol. The maximum atomic E-state index is 12.4. The molecular formula is C19H24O3. The molecule has 1 aliphatic rings. The molecule has 3 unspecified atom stereocenters. The summed E-state index contributed by atoms with van der Waals surface area (Å²) in [5.41, 5.74) is -0.759. The summed E-state index contributed by atoms with van der Waals surface area (Å²) in [5, 5.41) is 11.0. The van der Waals surface area contributed by atoms with Crippen LogP contribution in [-0.2, 0) is 9.53 Å². The van der Waals surface area contributed by atoms with Gasteiger partial charge in [-0.15, -0.1) is 0 Å². The van der Waals surface area contributed by atoms with Crippen molar-refractivity contribution < 1.29 is 14.6 Å². The molecule has 0 aromatic heterocycles. The lowest BCUT2D eigenvalue weighted by molar-refractivity contribution is -0.165. The lowest BCUT2D eigenvalue weighted by Crippen LogP contribution is -2.53. The van der Waals surface area contributed by atoms with Crippen molar-refractivity contribution in [3.05, 3.63) is 60.2 Å². The van der Waals surface area contributed by atoms with Crippen molar-refractivity contribution in [2.75, 3.05) is 0 Å². The monoisotopic (exact) mass is 300 g/mol. The molecule has 0 spiro atoms. The molecule has 0 bridgehead atoms. The zero-order valence-corrected chi connectivity index (χ0v) is 13.6. The first-order chi connectivity index (χ1) is 10.3. The standard InChI is InChI=1S/C19H24O3/c1-14(15-10-6-5-7-11-15)17(20)22-16-12-8-9-13-19(16,21)18(2,3)4/h5-14,16,21H,1-4H3. The van der Waals surface area contributed by atoms with Crippen LogP contribution in [0.5, 0.6) is 0 Å². The molecule has 0 saturated heterocycles. The van der Waals surface area contributed by atoms with E-state index in [0.29, 0.717) is 0 Å². The molecule has 1 aromatic carbocycles. The zero-order valence-electron chi connectivity index (χ0n) is 13.6. The summed E-state index contributed by atoms with van der Waals surface area (Å²) >= 11 is 0. The highest BCUT2D eigenvalue weighted by atomic mass is 16.6. The number of benzene rings is 1. The third-order valence-corrected chi connectivity index (χ3v) is 4.28. The summed E-state index contributed by atoms with van der Waals surface area (Å²) in [6, 6.07) is 9.51. The minimum atomic E-state index is -1.21. The molecule has 3 heteroatoms. The molecule has 1 N–H and O–H groups in total. The van der Waals surface area contributed by atoms with Gasteiger partial charge in [-0.3, -0.25) is 4.79 Å². The number of ether oxygens (including phenoxy) is 1. The average molecular weight is 300 g/mol. The van der Waals surface area contributed by atoms with Gasteiger partial charge in [0.25, 0.3) is 0 Å². The first-order valence-corrected chi connectivity index (χ1v) is 7.59. The van der Waals surface area contributed by atoms with Gasteiger partial charge < -0.3 is 9.84 Å². The molecule has 0 fully saturated rings. The van der Waals surface area contributed by atoms with E-state index in [-0.39, 0.29) is 11.9 Å². The van der Waals surface area contributed by atoms with E-state index in [9.17, 15) is 9.90 Å². The number of carbonyl (C=O) groups is 1. The third kappa shape index (κ3) is 3.14. The molecule has 1 aromatic rings. The summed E-state index contributed by atoms with van der Waals surface area (Å²) in [6.07, 6.45) is 6.34. The number of hydrogen-bond donors (Lipinski definition) is 1. The van der Waals surface area contributed by atoms with Gasteiger partial charge in [0.2, 0.25) is 0 Å². The minimum absolute atomic E-state index is 0.334. The van der Waals surface area contributed by atoms with Crippen LogP contribution in [0.25, 0.3) is 0 Å². The van der Waals surface area contributed by atoms with Gasteiger partial charge in [0.1, 0.15) is 5.60 Å². The highest BCUT2D eigenvalue weighted by Crippen LogP contribution is 2.38. The lowest BCUT2D eigenvalue weighted by atomic mass is 9.71. The van der Waals surface area contributed by atoms with Gasteiger partial charge in [0.05, 0.1) is 5.92 Å². The van der Waals surface area contributed by atoms with E-state index < -0.39 is 17.1 Å². The second kappa shape index (κ2) is 6.09. The fourth-order valence-corrected chi connectivity index (χ4v) is 2.52.